The second kappa shape index (κ2) is 8.62. The van der Waals surface area contributed by atoms with Crippen LogP contribution in [-0.2, 0) is 6.54 Å². The lowest BCUT2D eigenvalue weighted by Crippen LogP contribution is -2.40. The van der Waals surface area contributed by atoms with Gasteiger partial charge in [0, 0.05) is 19.2 Å². The maximum Gasteiger partial charge on any atom is 0.166 e. The predicted octanol–water partition coefficient (Wildman–Crippen LogP) is 3.29. The number of hydrogen-bond donors (Lipinski definition) is 0. The topological polar surface area (TPSA) is 51.2 Å². The van der Waals surface area contributed by atoms with Crippen molar-refractivity contribution in [2.75, 3.05) is 50.0 Å². The minimum atomic E-state index is -3.04. The number of fused-ring (bicyclic) bond motifs is 3. The van der Waals surface area contributed by atoms with Crippen LogP contribution in [0.5, 0.6) is 11.5 Å². The van der Waals surface area contributed by atoms with Gasteiger partial charge in [-0.1, -0.05) is 30.3 Å². The van der Waals surface area contributed by atoms with E-state index in [0.717, 1.165) is 60.9 Å². The van der Waals surface area contributed by atoms with Gasteiger partial charge in [-0.3, -0.25) is 0 Å². The summed E-state index contributed by atoms with van der Waals surface area (Å²) in [6.45, 7) is 3.82. The Kier molecular flexibility index (Phi) is 5.68. The first-order chi connectivity index (χ1) is 15.6. The molecule has 6 nitrogen and oxygen atoms in total. The minimum absolute atomic E-state index is 0.721. The van der Waals surface area contributed by atoms with Gasteiger partial charge in [-0.2, -0.15) is 4.67 Å². The highest BCUT2D eigenvalue weighted by molar-refractivity contribution is 7.76. The summed E-state index contributed by atoms with van der Waals surface area (Å²) in [4.78, 5) is 17.3. The van der Waals surface area contributed by atoms with Crippen molar-refractivity contribution >= 4 is 24.5 Å². The van der Waals surface area contributed by atoms with Gasteiger partial charge in [0.25, 0.3) is 0 Å². The van der Waals surface area contributed by atoms with Crippen molar-refractivity contribution < 1.29 is 14.4 Å². The molecule has 0 spiro atoms. The van der Waals surface area contributed by atoms with Gasteiger partial charge in [-0.05, 0) is 42.0 Å². The van der Waals surface area contributed by atoms with Gasteiger partial charge in [0.1, 0.15) is 11.5 Å². The van der Waals surface area contributed by atoms with Crippen molar-refractivity contribution in [3.63, 3.8) is 0 Å². The molecule has 1 unspecified atom stereocenters. The molecule has 0 N–H and O–H groups in total. The zero-order chi connectivity index (χ0) is 22.1. The van der Waals surface area contributed by atoms with Crippen LogP contribution in [0.1, 0.15) is 5.56 Å². The molecule has 3 aromatic rings. The molecule has 0 radical (unpaired) electrons. The molecule has 0 amide bonds. The Balaban J connectivity index is 1.60. The molecule has 166 valence electrons. The second-order valence-electron chi connectivity index (χ2n) is 8.08. The summed E-state index contributed by atoms with van der Waals surface area (Å²) >= 11 is 0. The van der Waals surface area contributed by atoms with Gasteiger partial charge in [0.05, 0.1) is 45.2 Å². The number of anilines is 2. The van der Waals surface area contributed by atoms with Crippen LogP contribution in [-0.4, -0.2) is 45.1 Å². The third-order valence-electron chi connectivity index (χ3n) is 6.33. The summed E-state index contributed by atoms with van der Waals surface area (Å²) in [6, 6.07) is 24.3. The normalized spacial score (nSPS) is 20.5. The number of hydrogen-bond acceptors (Lipinski definition) is 6. The Bertz CT molecular complexity index is 1080. The summed E-state index contributed by atoms with van der Waals surface area (Å²) < 4.78 is 15.1. The molecule has 1 fully saturated rings. The van der Waals surface area contributed by atoms with E-state index in [4.69, 9.17) is 9.47 Å². The Labute approximate surface area is 190 Å². The zero-order valence-electron chi connectivity index (χ0n) is 18.5. The molecule has 0 aromatic heterocycles. The fourth-order valence-electron chi connectivity index (χ4n) is 4.66. The van der Waals surface area contributed by atoms with E-state index in [-0.39, 0.29) is 0 Å². The Hall–Kier alpha value is -2.79. The Morgan fingerprint density at radius 1 is 0.812 bits per heavy atom. The van der Waals surface area contributed by atoms with E-state index in [9.17, 15) is 4.89 Å². The van der Waals surface area contributed by atoms with E-state index in [1.807, 2.05) is 42.5 Å². The van der Waals surface area contributed by atoms with Crippen molar-refractivity contribution in [3.8, 4) is 11.5 Å². The Morgan fingerprint density at radius 2 is 1.50 bits per heavy atom. The number of methoxy groups -OCH3 is 2. The van der Waals surface area contributed by atoms with Gasteiger partial charge < -0.3 is 19.3 Å². The summed E-state index contributed by atoms with van der Waals surface area (Å²) in [7, 11) is 0.272. The predicted molar refractivity (Wildman–Crippen MR) is 129 cm³/mol. The third-order valence-corrected chi connectivity index (χ3v) is 9.57. The molecule has 5 rings (SSSR count). The fourth-order valence-corrected chi connectivity index (χ4v) is 7.87. The zero-order valence-corrected chi connectivity index (χ0v) is 19.4. The van der Waals surface area contributed by atoms with Crippen LogP contribution >= 0.6 is 7.79 Å². The summed E-state index contributed by atoms with van der Waals surface area (Å²) in [5.41, 5.74) is 3.20. The lowest BCUT2D eigenvalue weighted by molar-refractivity contribution is -0.176. The van der Waals surface area contributed by atoms with Crippen LogP contribution < -0.4 is 29.2 Å². The molecule has 3 aromatic carbocycles. The van der Waals surface area contributed by atoms with E-state index in [1.165, 1.54) is 5.56 Å². The van der Waals surface area contributed by atoms with Gasteiger partial charge >= 0.3 is 0 Å². The summed E-state index contributed by atoms with van der Waals surface area (Å²) in [5.74, 6) is 1.52. The highest BCUT2D eigenvalue weighted by atomic mass is 31.2. The number of ether oxygens (including phenoxy) is 2. The molecule has 32 heavy (non-hydrogen) atoms. The molecule has 1 atom stereocenters. The molecule has 2 aliphatic heterocycles. The van der Waals surface area contributed by atoms with Crippen LogP contribution in [0.4, 0.5) is 11.4 Å². The van der Waals surface area contributed by atoms with Gasteiger partial charge in [-0.15, -0.1) is 0 Å². The van der Waals surface area contributed by atoms with E-state index < -0.39 is 7.79 Å². The van der Waals surface area contributed by atoms with Crippen LogP contribution in [0.15, 0.2) is 72.8 Å². The molecule has 7 heteroatoms. The second-order valence-corrected chi connectivity index (χ2v) is 10.7. The van der Waals surface area contributed by atoms with Crippen molar-refractivity contribution in [3.05, 3.63) is 78.4 Å². The van der Waals surface area contributed by atoms with Crippen LogP contribution in [0, 0.1) is 0 Å². The number of nitrogens with zero attached hydrogens (tertiary/aromatic N) is 3. The van der Waals surface area contributed by atoms with Crippen LogP contribution in [0.2, 0.25) is 0 Å². The van der Waals surface area contributed by atoms with E-state index >= 15 is 0 Å². The first-order valence-electron chi connectivity index (χ1n) is 10.9. The summed E-state index contributed by atoms with van der Waals surface area (Å²) in [6.07, 6.45) is 0. The first-order valence-corrected chi connectivity index (χ1v) is 12.5. The van der Waals surface area contributed by atoms with Crippen molar-refractivity contribution in [2.45, 2.75) is 6.54 Å². The number of rotatable bonds is 5. The van der Waals surface area contributed by atoms with E-state index in [2.05, 4.69) is 44.6 Å². The lowest BCUT2D eigenvalue weighted by atomic mass is 10.2. The van der Waals surface area contributed by atoms with Crippen LogP contribution in [0.3, 0.4) is 0 Å². The van der Waals surface area contributed by atoms with Crippen molar-refractivity contribution in [2.24, 2.45) is 0 Å². The third kappa shape index (κ3) is 3.58. The van der Waals surface area contributed by atoms with Crippen LogP contribution in [0.25, 0.3) is 0 Å². The van der Waals surface area contributed by atoms with Gasteiger partial charge in [0.2, 0.25) is 0 Å². The summed E-state index contributed by atoms with van der Waals surface area (Å²) in [5, 5.41) is 0.846. The monoisotopic (exact) mass is 449 g/mol. The molecule has 0 aliphatic carbocycles. The fraction of sp³-hybridized carbons (Fsp3) is 0.280. The van der Waals surface area contributed by atoms with Crippen molar-refractivity contribution in [1.82, 2.24) is 4.67 Å². The SMILES string of the molecule is COc1ccc(N2CCN3CCN(Cc4ccccc4)c4ccc(OC)cc4[P+]32[O-])cc1. The molecule has 0 saturated carbocycles. The van der Waals surface area contributed by atoms with Gasteiger partial charge in [0.15, 0.2) is 13.1 Å². The molecule has 0 bridgehead atoms. The maximum atomic E-state index is 14.9. The lowest BCUT2D eigenvalue weighted by Gasteiger charge is -2.39. The van der Waals surface area contributed by atoms with E-state index in [0.29, 0.717) is 0 Å². The molecule has 2 heterocycles. The maximum absolute atomic E-state index is 14.9. The van der Waals surface area contributed by atoms with E-state index in [1.54, 1.807) is 14.2 Å². The minimum Gasteiger partial charge on any atom is -0.642 e. The molecule has 1 saturated heterocycles. The smallest absolute Gasteiger partial charge is 0.166 e. The number of benzene rings is 3. The molecular formula is C25H28N3O3P. The quantitative estimate of drug-likeness (QED) is 0.558. The molecule has 2 aliphatic rings. The Morgan fingerprint density at radius 3 is 2.22 bits per heavy atom. The molecular weight excluding hydrogens is 421 g/mol. The standard InChI is InChI=1S/C25H28N3O3P/c1-30-22-10-8-21(9-11-22)28-17-16-27-15-14-26(19-20-6-4-3-5-7-20)24-13-12-23(31-2)18-25(24)32(27,28)29/h3-13,18H,14-17,19H2,1-2H3. The highest BCUT2D eigenvalue weighted by Gasteiger charge is 2.52. The average molecular weight is 449 g/mol. The highest BCUT2D eigenvalue weighted by Crippen LogP contribution is 2.63. The van der Waals surface area contributed by atoms with Gasteiger partial charge in [-0.25, -0.2) is 4.67 Å². The largest absolute Gasteiger partial charge is 0.642 e. The average Bonchev–Trinajstić information content (AvgIpc) is 3.13. The first kappa shape index (κ1) is 21.1. The van der Waals surface area contributed by atoms with Crippen molar-refractivity contribution in [1.29, 1.82) is 0 Å².